The predicted octanol–water partition coefficient (Wildman–Crippen LogP) is 4.87. The molecule has 0 N–H and O–H groups in total. The molecule has 3 aliphatic rings. The van der Waals surface area contributed by atoms with Crippen molar-refractivity contribution in [3.63, 3.8) is 0 Å². The fourth-order valence-electron chi connectivity index (χ4n) is 5.60. The molecule has 0 bridgehead atoms. The van der Waals surface area contributed by atoms with E-state index in [0.717, 1.165) is 52.9 Å². The molecule has 182 valence electrons. The number of nitrogens with zero attached hydrogens (tertiary/aromatic N) is 3. The van der Waals surface area contributed by atoms with Crippen molar-refractivity contribution >= 4 is 33.8 Å². The summed E-state index contributed by atoms with van der Waals surface area (Å²) < 4.78 is 5.32. The summed E-state index contributed by atoms with van der Waals surface area (Å²) in [5.41, 5.74) is 4.10. The van der Waals surface area contributed by atoms with E-state index in [4.69, 9.17) is 9.57 Å². The Balaban J connectivity index is 1.44. The molecule has 6 rings (SSSR count). The molecule has 8 heteroatoms. The molecule has 1 aliphatic carbocycles. The Labute approximate surface area is 213 Å². The van der Waals surface area contributed by atoms with Crippen LogP contribution in [0, 0.1) is 24.2 Å². The van der Waals surface area contributed by atoms with Crippen LogP contribution in [0.25, 0.3) is 0 Å². The molecular weight excluding hydrogens is 474 g/mol. The second-order valence-electron chi connectivity index (χ2n) is 9.40. The average molecular weight is 500 g/mol. The van der Waals surface area contributed by atoms with Gasteiger partial charge in [0, 0.05) is 4.88 Å². The summed E-state index contributed by atoms with van der Waals surface area (Å²) in [6, 6.07) is 17.0. The van der Waals surface area contributed by atoms with Gasteiger partial charge in [-0.3, -0.25) is 14.4 Å². The number of anilines is 2. The number of hydrogen-bond acceptors (Lipinski definition) is 7. The SMILES string of the molecule is COc1ccc([C@@H]2[C@H]3C(=O)N(c4sc5c(c4C#N)CCCC5)C(=O)[C@@H]3ON2c2ccccc2C)cc1. The number of thiophene rings is 1. The Morgan fingerprint density at radius 3 is 2.53 bits per heavy atom. The Hall–Kier alpha value is -3.67. The highest BCUT2D eigenvalue weighted by molar-refractivity contribution is 7.17. The number of nitriles is 1. The summed E-state index contributed by atoms with van der Waals surface area (Å²) in [6.45, 7) is 1.98. The summed E-state index contributed by atoms with van der Waals surface area (Å²) in [4.78, 5) is 36.4. The highest BCUT2D eigenvalue weighted by atomic mass is 32.1. The van der Waals surface area contributed by atoms with E-state index in [0.29, 0.717) is 16.3 Å². The Bertz CT molecular complexity index is 1410. The standard InChI is InChI=1S/C28H25N3O4S/c1-16-7-3-5-9-21(16)31-24(17-11-13-18(34-2)14-12-17)23-25(35-31)27(33)30(26(23)32)28-20(15-29)19-8-4-6-10-22(19)36-28/h3,5,7,9,11-14,23-25H,4,6,8,10H2,1-2H3/t23-,24-,25-/m1/s1. The normalized spacial score (nSPS) is 23.0. The van der Waals surface area contributed by atoms with Crippen molar-refractivity contribution in [3.05, 3.63) is 75.7 Å². The molecule has 0 spiro atoms. The molecule has 2 aliphatic heterocycles. The topological polar surface area (TPSA) is 82.9 Å². The Kier molecular flexibility index (Phi) is 5.55. The van der Waals surface area contributed by atoms with E-state index in [1.165, 1.54) is 16.2 Å². The lowest BCUT2D eigenvalue weighted by atomic mass is 9.90. The number of rotatable bonds is 4. The van der Waals surface area contributed by atoms with E-state index in [9.17, 15) is 14.9 Å². The first-order valence-electron chi connectivity index (χ1n) is 12.1. The molecule has 2 saturated heterocycles. The van der Waals surface area contributed by atoms with Crippen LogP contribution in [0.3, 0.4) is 0 Å². The van der Waals surface area contributed by atoms with Crippen LogP contribution >= 0.6 is 11.3 Å². The second-order valence-corrected chi connectivity index (χ2v) is 10.5. The molecule has 3 aromatic rings. The summed E-state index contributed by atoms with van der Waals surface area (Å²) >= 11 is 1.41. The summed E-state index contributed by atoms with van der Waals surface area (Å²) in [5.74, 6) is -0.766. The number of hydrogen-bond donors (Lipinski definition) is 0. The molecule has 7 nitrogen and oxygen atoms in total. The fourth-order valence-corrected chi connectivity index (χ4v) is 6.95. The smallest absolute Gasteiger partial charge is 0.267 e. The number of methoxy groups -OCH3 is 1. The van der Waals surface area contributed by atoms with Gasteiger partial charge in [-0.2, -0.15) is 5.26 Å². The minimum Gasteiger partial charge on any atom is -0.497 e. The van der Waals surface area contributed by atoms with Crippen molar-refractivity contribution in [1.29, 1.82) is 5.26 Å². The van der Waals surface area contributed by atoms with Gasteiger partial charge in [0.1, 0.15) is 22.7 Å². The van der Waals surface area contributed by atoms with Crippen LogP contribution < -0.4 is 14.7 Å². The first kappa shape index (κ1) is 22.8. The Morgan fingerprint density at radius 2 is 1.81 bits per heavy atom. The van der Waals surface area contributed by atoms with Crippen LogP contribution in [0.1, 0.15) is 46.0 Å². The first-order valence-corrected chi connectivity index (χ1v) is 12.9. The summed E-state index contributed by atoms with van der Waals surface area (Å²) in [6.07, 6.45) is 2.79. The number of carbonyl (C=O) groups is 2. The van der Waals surface area contributed by atoms with E-state index in [1.54, 1.807) is 12.2 Å². The van der Waals surface area contributed by atoms with E-state index in [1.807, 2.05) is 55.5 Å². The van der Waals surface area contributed by atoms with Gasteiger partial charge in [0.15, 0.2) is 6.10 Å². The third-order valence-electron chi connectivity index (χ3n) is 7.39. The summed E-state index contributed by atoms with van der Waals surface area (Å²) in [7, 11) is 1.60. The number of benzene rings is 2. The van der Waals surface area contributed by atoms with Gasteiger partial charge >= 0.3 is 0 Å². The first-order chi connectivity index (χ1) is 17.5. The maximum Gasteiger partial charge on any atom is 0.267 e. The average Bonchev–Trinajstić information content (AvgIpc) is 3.54. The predicted molar refractivity (Wildman–Crippen MR) is 136 cm³/mol. The highest BCUT2D eigenvalue weighted by Crippen LogP contribution is 2.50. The fraction of sp³-hybridized carbons (Fsp3) is 0.321. The van der Waals surface area contributed by atoms with Crippen molar-refractivity contribution < 1.29 is 19.2 Å². The summed E-state index contributed by atoms with van der Waals surface area (Å²) in [5, 5.41) is 12.1. The van der Waals surface area contributed by atoms with Gasteiger partial charge in [-0.05, 0) is 67.5 Å². The zero-order chi connectivity index (χ0) is 25.0. The van der Waals surface area contributed by atoms with Gasteiger partial charge in [-0.25, -0.2) is 9.96 Å². The van der Waals surface area contributed by atoms with Crippen molar-refractivity contribution in [2.75, 3.05) is 17.1 Å². The molecule has 3 heterocycles. The number of aryl methyl sites for hydroxylation is 2. The molecule has 1 aromatic heterocycles. The van der Waals surface area contributed by atoms with Crippen LogP contribution in [0.4, 0.5) is 10.7 Å². The lowest BCUT2D eigenvalue weighted by molar-refractivity contribution is -0.126. The monoisotopic (exact) mass is 499 g/mol. The number of para-hydroxylation sites is 1. The van der Waals surface area contributed by atoms with Crippen LogP contribution in [0.15, 0.2) is 48.5 Å². The number of fused-ring (bicyclic) bond motifs is 2. The number of amides is 2. The number of carbonyl (C=O) groups excluding carboxylic acids is 2. The van der Waals surface area contributed by atoms with E-state index < -0.39 is 24.0 Å². The van der Waals surface area contributed by atoms with Crippen LogP contribution in [0.5, 0.6) is 5.75 Å². The van der Waals surface area contributed by atoms with E-state index in [-0.39, 0.29) is 5.91 Å². The van der Waals surface area contributed by atoms with E-state index >= 15 is 0 Å². The maximum absolute atomic E-state index is 14.0. The van der Waals surface area contributed by atoms with Crippen molar-refractivity contribution in [2.45, 2.75) is 44.8 Å². The van der Waals surface area contributed by atoms with Crippen LogP contribution in [-0.2, 0) is 27.3 Å². The molecule has 3 atom stereocenters. The molecule has 0 saturated carbocycles. The molecule has 2 aromatic carbocycles. The second kappa shape index (κ2) is 8.77. The van der Waals surface area contributed by atoms with Gasteiger partial charge < -0.3 is 4.74 Å². The third kappa shape index (κ3) is 3.34. The number of imide groups is 1. The lowest BCUT2D eigenvalue weighted by Crippen LogP contribution is -2.37. The van der Waals surface area contributed by atoms with Gasteiger partial charge in [0.2, 0.25) is 5.91 Å². The van der Waals surface area contributed by atoms with Gasteiger partial charge in [0.25, 0.3) is 5.91 Å². The molecule has 2 amide bonds. The van der Waals surface area contributed by atoms with Gasteiger partial charge in [-0.15, -0.1) is 11.3 Å². The highest BCUT2D eigenvalue weighted by Gasteiger charge is 2.61. The number of hydroxylamine groups is 1. The largest absolute Gasteiger partial charge is 0.497 e. The third-order valence-corrected chi connectivity index (χ3v) is 8.67. The zero-order valence-corrected chi connectivity index (χ0v) is 20.9. The van der Waals surface area contributed by atoms with Crippen LogP contribution in [0.2, 0.25) is 0 Å². The van der Waals surface area contributed by atoms with Crippen LogP contribution in [-0.4, -0.2) is 25.0 Å². The quantitative estimate of drug-likeness (QED) is 0.477. The molecule has 36 heavy (non-hydrogen) atoms. The molecular formula is C28H25N3O4S. The Morgan fingerprint density at radius 1 is 1.06 bits per heavy atom. The minimum atomic E-state index is -0.963. The lowest BCUT2D eigenvalue weighted by Gasteiger charge is -2.29. The van der Waals surface area contributed by atoms with Crippen molar-refractivity contribution in [2.24, 2.45) is 5.92 Å². The van der Waals surface area contributed by atoms with Gasteiger partial charge in [-0.1, -0.05) is 30.3 Å². The maximum atomic E-state index is 14.0. The number of ether oxygens (including phenoxy) is 1. The molecule has 0 unspecified atom stereocenters. The molecule has 0 radical (unpaired) electrons. The minimum absolute atomic E-state index is 0.322. The van der Waals surface area contributed by atoms with E-state index in [2.05, 4.69) is 6.07 Å². The molecule has 2 fully saturated rings. The van der Waals surface area contributed by atoms with Crippen molar-refractivity contribution in [1.82, 2.24) is 0 Å². The zero-order valence-electron chi connectivity index (χ0n) is 20.1. The van der Waals surface area contributed by atoms with Crippen molar-refractivity contribution in [3.8, 4) is 11.8 Å². The van der Waals surface area contributed by atoms with Gasteiger partial charge in [0.05, 0.1) is 24.4 Å².